The fourth-order valence-corrected chi connectivity index (χ4v) is 4.58. The molecule has 2 N–H and O–H groups in total. The van der Waals surface area contributed by atoms with Gasteiger partial charge in [0.2, 0.25) is 0 Å². The molecule has 0 bridgehead atoms. The summed E-state index contributed by atoms with van der Waals surface area (Å²) < 4.78 is 5.46. The molecular weight excluding hydrogens is 400 g/mol. The number of ether oxygens (including phenoxy) is 1. The van der Waals surface area contributed by atoms with Crippen molar-refractivity contribution in [2.75, 3.05) is 6.61 Å². The molecule has 1 aliphatic carbocycles. The van der Waals surface area contributed by atoms with Gasteiger partial charge >= 0.3 is 12.1 Å². The zero-order chi connectivity index (χ0) is 21.3. The van der Waals surface area contributed by atoms with Crippen LogP contribution in [0.4, 0.5) is 4.79 Å². The van der Waals surface area contributed by atoms with Gasteiger partial charge < -0.3 is 15.2 Å². The normalized spacial score (nSPS) is 13.6. The number of amides is 1. The van der Waals surface area contributed by atoms with Gasteiger partial charge in [0.05, 0.1) is 10.7 Å². The third-order valence-corrected chi connectivity index (χ3v) is 6.35. The van der Waals surface area contributed by atoms with Gasteiger partial charge in [-0.05, 0) is 22.3 Å². The second-order valence-corrected chi connectivity index (χ2v) is 8.40. The summed E-state index contributed by atoms with van der Waals surface area (Å²) >= 11 is 1.38. The largest absolute Gasteiger partial charge is 0.479 e. The second kappa shape index (κ2) is 8.28. The van der Waals surface area contributed by atoms with Gasteiger partial charge in [0.15, 0.2) is 6.04 Å². The van der Waals surface area contributed by atoms with Gasteiger partial charge in [-0.2, -0.15) is 0 Å². The molecule has 2 aromatic carbocycles. The number of carbonyl (C=O) groups is 2. The molecule has 0 saturated carbocycles. The Morgan fingerprint density at radius 2 is 1.70 bits per heavy atom. The average Bonchev–Trinajstić information content (AvgIpc) is 3.34. The summed E-state index contributed by atoms with van der Waals surface area (Å²) in [6, 6.07) is 14.8. The third kappa shape index (κ3) is 3.80. The minimum absolute atomic E-state index is 0.0850. The number of aromatic nitrogens is 1. The number of hydrogen-bond acceptors (Lipinski definition) is 5. The number of alkyl carbamates (subject to hydrolysis) is 1. The third-order valence-electron chi connectivity index (χ3n) is 5.18. The van der Waals surface area contributed by atoms with Crippen LogP contribution in [0.3, 0.4) is 0 Å². The number of nitrogens with one attached hydrogen (secondary N) is 1. The van der Waals surface area contributed by atoms with Gasteiger partial charge in [-0.15, -0.1) is 11.3 Å². The van der Waals surface area contributed by atoms with Crippen LogP contribution in [0.5, 0.6) is 0 Å². The highest BCUT2D eigenvalue weighted by molar-refractivity contribution is 7.09. The van der Waals surface area contributed by atoms with Crippen molar-refractivity contribution in [3.05, 3.63) is 75.7 Å². The Morgan fingerprint density at radius 1 is 1.10 bits per heavy atom. The molecule has 1 aliphatic rings. The molecule has 6 nitrogen and oxygen atoms in total. The Balaban J connectivity index is 1.47. The Kier molecular flexibility index (Phi) is 5.55. The van der Waals surface area contributed by atoms with Crippen LogP contribution in [0.15, 0.2) is 53.9 Å². The number of carbonyl (C=O) groups excluding carboxylic acids is 1. The SMILES string of the molecule is CC(C)c1nc(C(NC(=O)OCC2c3ccccc3-c3ccccc32)C(=O)O)cs1. The van der Waals surface area contributed by atoms with E-state index in [1.54, 1.807) is 5.38 Å². The van der Waals surface area contributed by atoms with E-state index in [0.717, 1.165) is 27.3 Å². The lowest BCUT2D eigenvalue weighted by Gasteiger charge is -2.16. The first-order valence-corrected chi connectivity index (χ1v) is 10.6. The highest BCUT2D eigenvalue weighted by Crippen LogP contribution is 2.44. The van der Waals surface area contributed by atoms with Crippen molar-refractivity contribution in [1.82, 2.24) is 10.3 Å². The van der Waals surface area contributed by atoms with Crippen LogP contribution in [0, 0.1) is 0 Å². The lowest BCUT2D eigenvalue weighted by atomic mass is 9.98. The summed E-state index contributed by atoms with van der Waals surface area (Å²) in [5.74, 6) is -1.07. The maximum absolute atomic E-state index is 12.4. The van der Waals surface area contributed by atoms with Crippen molar-refractivity contribution < 1.29 is 19.4 Å². The molecule has 1 heterocycles. The van der Waals surface area contributed by atoms with E-state index in [-0.39, 0.29) is 18.4 Å². The van der Waals surface area contributed by atoms with E-state index in [4.69, 9.17) is 4.74 Å². The first-order chi connectivity index (χ1) is 14.5. The first kappa shape index (κ1) is 20.1. The molecule has 154 valence electrons. The molecule has 0 radical (unpaired) electrons. The van der Waals surface area contributed by atoms with Crippen molar-refractivity contribution in [2.45, 2.75) is 31.7 Å². The molecule has 7 heteroatoms. The molecular formula is C23H22N2O4S. The Hall–Kier alpha value is -3.19. The standard InChI is InChI=1S/C23H22N2O4S/c1-13(2)21-24-19(12-30-21)20(22(26)27)25-23(28)29-11-18-16-9-5-3-7-14(16)15-8-4-6-10-17(15)18/h3-10,12-13,18,20H,11H2,1-2H3,(H,25,28)(H,26,27). The van der Waals surface area contributed by atoms with Crippen LogP contribution in [0.2, 0.25) is 0 Å². The molecule has 1 unspecified atom stereocenters. The molecule has 4 rings (SSSR count). The number of carboxylic acid groups (broad SMARTS) is 1. The molecule has 0 spiro atoms. The fourth-order valence-electron chi connectivity index (χ4n) is 3.72. The van der Waals surface area contributed by atoms with Gasteiger partial charge in [0.1, 0.15) is 6.61 Å². The highest BCUT2D eigenvalue weighted by atomic mass is 32.1. The number of fused-ring (bicyclic) bond motifs is 3. The molecule has 0 saturated heterocycles. The Morgan fingerprint density at radius 3 is 2.23 bits per heavy atom. The number of benzene rings is 2. The number of rotatable bonds is 6. The van der Waals surface area contributed by atoms with Crippen LogP contribution in [0.1, 0.15) is 53.6 Å². The number of hydrogen-bond donors (Lipinski definition) is 2. The van der Waals surface area contributed by atoms with Gasteiger partial charge in [0, 0.05) is 17.2 Å². The molecule has 1 aromatic heterocycles. The second-order valence-electron chi connectivity index (χ2n) is 7.51. The Bertz CT molecular complexity index is 1050. The molecule has 0 aliphatic heterocycles. The van der Waals surface area contributed by atoms with E-state index >= 15 is 0 Å². The summed E-state index contributed by atoms with van der Waals surface area (Å²) in [6.07, 6.45) is -0.775. The van der Waals surface area contributed by atoms with Crippen LogP contribution in [-0.4, -0.2) is 28.8 Å². The minimum Gasteiger partial charge on any atom is -0.479 e. The van der Waals surface area contributed by atoms with Crippen molar-refractivity contribution >= 4 is 23.4 Å². The molecule has 0 fully saturated rings. The van der Waals surface area contributed by atoms with E-state index in [2.05, 4.69) is 22.4 Å². The van der Waals surface area contributed by atoms with Crippen molar-refractivity contribution in [2.24, 2.45) is 0 Å². The van der Waals surface area contributed by atoms with E-state index in [9.17, 15) is 14.7 Å². The fraction of sp³-hybridized carbons (Fsp3) is 0.261. The van der Waals surface area contributed by atoms with Gasteiger partial charge in [-0.3, -0.25) is 0 Å². The van der Waals surface area contributed by atoms with Crippen LogP contribution in [0.25, 0.3) is 11.1 Å². The van der Waals surface area contributed by atoms with E-state index in [1.807, 2.05) is 50.2 Å². The quantitative estimate of drug-likeness (QED) is 0.588. The van der Waals surface area contributed by atoms with Gasteiger partial charge in [-0.25, -0.2) is 14.6 Å². The number of carboxylic acids is 1. The monoisotopic (exact) mass is 422 g/mol. The lowest BCUT2D eigenvalue weighted by molar-refractivity contribution is -0.139. The van der Waals surface area contributed by atoms with Crippen molar-refractivity contribution in [3.63, 3.8) is 0 Å². The summed E-state index contributed by atoms with van der Waals surface area (Å²) in [4.78, 5) is 28.5. The maximum Gasteiger partial charge on any atom is 0.408 e. The van der Waals surface area contributed by atoms with Crippen LogP contribution >= 0.6 is 11.3 Å². The topological polar surface area (TPSA) is 88.5 Å². The zero-order valence-electron chi connectivity index (χ0n) is 16.7. The lowest BCUT2D eigenvalue weighted by Crippen LogP contribution is -2.35. The number of aliphatic carboxylic acids is 1. The van der Waals surface area contributed by atoms with E-state index < -0.39 is 18.1 Å². The maximum atomic E-state index is 12.4. The summed E-state index contributed by atoms with van der Waals surface area (Å²) in [7, 11) is 0. The summed E-state index contributed by atoms with van der Waals surface area (Å²) in [5, 5.41) is 14.5. The highest BCUT2D eigenvalue weighted by Gasteiger charge is 2.30. The zero-order valence-corrected chi connectivity index (χ0v) is 17.5. The van der Waals surface area contributed by atoms with Crippen LogP contribution in [-0.2, 0) is 9.53 Å². The molecule has 1 atom stereocenters. The van der Waals surface area contributed by atoms with E-state index in [0.29, 0.717) is 5.69 Å². The number of nitrogens with zero attached hydrogens (tertiary/aromatic N) is 1. The predicted molar refractivity (Wildman–Crippen MR) is 115 cm³/mol. The van der Waals surface area contributed by atoms with Crippen molar-refractivity contribution in [3.8, 4) is 11.1 Å². The Labute approximate surface area is 178 Å². The summed E-state index contributed by atoms with van der Waals surface area (Å²) in [6.45, 7) is 4.09. The first-order valence-electron chi connectivity index (χ1n) is 9.75. The number of thiazole rings is 1. The van der Waals surface area contributed by atoms with Gasteiger partial charge in [-0.1, -0.05) is 62.4 Å². The van der Waals surface area contributed by atoms with Crippen LogP contribution < -0.4 is 5.32 Å². The average molecular weight is 423 g/mol. The van der Waals surface area contributed by atoms with Crippen molar-refractivity contribution in [1.29, 1.82) is 0 Å². The smallest absolute Gasteiger partial charge is 0.408 e. The van der Waals surface area contributed by atoms with E-state index in [1.165, 1.54) is 11.3 Å². The van der Waals surface area contributed by atoms with Gasteiger partial charge in [0.25, 0.3) is 0 Å². The predicted octanol–water partition coefficient (Wildman–Crippen LogP) is 4.93. The molecule has 30 heavy (non-hydrogen) atoms. The minimum atomic E-state index is -1.25. The molecule has 3 aromatic rings. The molecule has 1 amide bonds. The summed E-state index contributed by atoms with van der Waals surface area (Å²) in [5.41, 5.74) is 4.78.